The Morgan fingerprint density at radius 1 is 0.611 bits per heavy atom. The van der Waals surface area contributed by atoms with Gasteiger partial charge >= 0.3 is 0 Å². The SMILES string of the molecule is CC1(C)C2=CC=C(C3=CC=C(N(c4ccccc4)c4ccc(-c5ccccc5)cc4)CC3)CC2n2c3ccccc3c3c4oc5ccccc5c4cc1c32. The van der Waals surface area contributed by atoms with E-state index < -0.39 is 0 Å². The number of hydrogen-bond acceptors (Lipinski definition) is 2. The molecule has 0 bridgehead atoms. The Morgan fingerprint density at radius 3 is 2.06 bits per heavy atom. The summed E-state index contributed by atoms with van der Waals surface area (Å²) in [4.78, 5) is 2.43. The minimum Gasteiger partial charge on any atom is -0.455 e. The van der Waals surface area contributed by atoms with Crippen LogP contribution in [0.2, 0.25) is 0 Å². The number of anilines is 2. The zero-order valence-corrected chi connectivity index (χ0v) is 30.6. The summed E-state index contributed by atoms with van der Waals surface area (Å²) in [6.45, 7) is 4.85. The van der Waals surface area contributed by atoms with Gasteiger partial charge in [-0.1, -0.05) is 129 Å². The maximum absolute atomic E-state index is 6.69. The molecule has 260 valence electrons. The Balaban J connectivity index is 0.996. The monoisotopic (exact) mass is 696 g/mol. The summed E-state index contributed by atoms with van der Waals surface area (Å²) in [5, 5.41) is 4.92. The summed E-state index contributed by atoms with van der Waals surface area (Å²) in [6.07, 6.45) is 12.6. The number of furan rings is 1. The number of fused-ring (bicyclic) bond motifs is 9. The molecule has 8 aromatic rings. The van der Waals surface area contributed by atoms with Crippen LogP contribution in [0.5, 0.6) is 0 Å². The second-order valence-corrected chi connectivity index (χ2v) is 15.6. The van der Waals surface area contributed by atoms with Crippen molar-refractivity contribution in [2.75, 3.05) is 4.90 Å². The van der Waals surface area contributed by atoms with E-state index in [-0.39, 0.29) is 11.5 Å². The lowest BCUT2D eigenvalue weighted by molar-refractivity contribution is 0.463. The number of rotatable bonds is 5. The van der Waals surface area contributed by atoms with Crippen LogP contribution in [0.1, 0.15) is 44.7 Å². The highest BCUT2D eigenvalue weighted by molar-refractivity contribution is 6.24. The number of nitrogens with zero attached hydrogens (tertiary/aromatic N) is 2. The maximum atomic E-state index is 6.69. The fourth-order valence-corrected chi connectivity index (χ4v) is 9.67. The van der Waals surface area contributed by atoms with Crippen molar-refractivity contribution in [3.05, 3.63) is 192 Å². The number of benzene rings is 6. The summed E-state index contributed by atoms with van der Waals surface area (Å²) >= 11 is 0. The zero-order valence-electron chi connectivity index (χ0n) is 30.6. The van der Waals surface area contributed by atoms with Gasteiger partial charge in [-0.2, -0.15) is 0 Å². The highest BCUT2D eigenvalue weighted by Gasteiger charge is 2.42. The normalized spacial score (nSPS) is 17.6. The zero-order chi connectivity index (χ0) is 36.0. The van der Waals surface area contributed by atoms with Crippen LogP contribution in [0.25, 0.3) is 54.9 Å². The summed E-state index contributed by atoms with van der Waals surface area (Å²) in [6, 6.07) is 50.5. The van der Waals surface area contributed by atoms with Gasteiger partial charge in [0.05, 0.1) is 16.9 Å². The molecule has 0 fully saturated rings. The lowest BCUT2D eigenvalue weighted by Crippen LogP contribution is -2.34. The van der Waals surface area contributed by atoms with Gasteiger partial charge < -0.3 is 13.9 Å². The van der Waals surface area contributed by atoms with E-state index in [0.29, 0.717) is 0 Å². The highest BCUT2D eigenvalue weighted by Crippen LogP contribution is 2.55. The Labute approximate surface area is 315 Å². The first-order valence-electron chi connectivity index (χ1n) is 19.2. The standard InChI is InChI=1S/C51H40N2O/c1-51(2)43-30-25-36(31-46(43)53-45-19-11-9-18-41(45)48-49(53)44(51)32-42-40-17-10-12-20-47(40)54-50(42)48)35-23-28-39(29-24-35)52(37-15-7-4-8-16-37)38-26-21-34(22-27-38)33-13-5-3-6-14-33/h3-23,25-28,30,32,46H,24,29,31H2,1-2H3. The molecular weight excluding hydrogens is 657 g/mol. The summed E-state index contributed by atoms with van der Waals surface area (Å²) in [5.41, 5.74) is 16.3. The summed E-state index contributed by atoms with van der Waals surface area (Å²) < 4.78 is 9.34. The van der Waals surface area contributed by atoms with Gasteiger partial charge in [0.15, 0.2) is 0 Å². The summed E-state index contributed by atoms with van der Waals surface area (Å²) in [5.74, 6) is 0. The molecule has 6 aromatic carbocycles. The molecule has 0 amide bonds. The molecule has 0 spiro atoms. The van der Waals surface area contributed by atoms with Crippen molar-refractivity contribution in [1.29, 1.82) is 0 Å². The van der Waals surface area contributed by atoms with Crippen LogP contribution < -0.4 is 4.90 Å². The maximum Gasteiger partial charge on any atom is 0.145 e. The van der Waals surface area contributed by atoms with Gasteiger partial charge in [-0.05, 0) is 101 Å². The molecule has 1 atom stereocenters. The first-order chi connectivity index (χ1) is 26.5. The fraction of sp³-hybridized carbons (Fsp3) is 0.137. The van der Waals surface area contributed by atoms with Crippen LogP contribution in [-0.2, 0) is 5.41 Å². The predicted molar refractivity (Wildman–Crippen MR) is 225 cm³/mol. The van der Waals surface area contributed by atoms with Crippen molar-refractivity contribution in [3.63, 3.8) is 0 Å². The first kappa shape index (κ1) is 31.2. The molecule has 3 aliphatic rings. The van der Waals surface area contributed by atoms with Crippen molar-refractivity contribution >= 4 is 55.1 Å². The van der Waals surface area contributed by atoms with Crippen molar-refractivity contribution in [3.8, 4) is 11.1 Å². The van der Waals surface area contributed by atoms with Crippen LogP contribution in [0.4, 0.5) is 11.4 Å². The van der Waals surface area contributed by atoms with Crippen molar-refractivity contribution in [2.24, 2.45) is 0 Å². The highest BCUT2D eigenvalue weighted by atomic mass is 16.3. The van der Waals surface area contributed by atoms with E-state index in [1.807, 2.05) is 0 Å². The fourth-order valence-electron chi connectivity index (χ4n) is 9.67. The predicted octanol–water partition coefficient (Wildman–Crippen LogP) is 13.9. The molecule has 2 aliphatic carbocycles. The lowest BCUT2D eigenvalue weighted by Gasteiger charge is -2.43. The third kappa shape index (κ3) is 4.61. The molecule has 3 heteroatoms. The van der Waals surface area contributed by atoms with E-state index in [0.717, 1.165) is 30.4 Å². The van der Waals surface area contributed by atoms with E-state index in [1.165, 1.54) is 83.1 Å². The Bertz CT molecular complexity index is 2910. The average molecular weight is 697 g/mol. The van der Waals surface area contributed by atoms with Crippen LogP contribution in [0, 0.1) is 0 Å². The third-order valence-corrected chi connectivity index (χ3v) is 12.3. The molecular formula is C51H40N2O. The molecule has 3 nitrogen and oxygen atoms in total. The molecule has 3 heterocycles. The van der Waals surface area contributed by atoms with Crippen LogP contribution >= 0.6 is 0 Å². The quantitative estimate of drug-likeness (QED) is 0.179. The van der Waals surface area contributed by atoms with Crippen molar-refractivity contribution in [1.82, 2.24) is 4.57 Å². The van der Waals surface area contributed by atoms with Crippen LogP contribution in [0.3, 0.4) is 0 Å². The Kier molecular flexibility index (Phi) is 6.85. The van der Waals surface area contributed by atoms with Gasteiger partial charge in [0.1, 0.15) is 11.2 Å². The topological polar surface area (TPSA) is 21.3 Å². The molecule has 0 saturated heterocycles. The van der Waals surface area contributed by atoms with Gasteiger partial charge in [-0.15, -0.1) is 0 Å². The van der Waals surface area contributed by atoms with Crippen molar-refractivity contribution < 1.29 is 4.42 Å². The summed E-state index contributed by atoms with van der Waals surface area (Å²) in [7, 11) is 0. The number of allylic oxidation sites excluding steroid dienone is 8. The Hall–Kier alpha value is -6.32. The van der Waals surface area contributed by atoms with Gasteiger partial charge in [-0.3, -0.25) is 0 Å². The van der Waals surface area contributed by atoms with E-state index in [9.17, 15) is 0 Å². The smallest absolute Gasteiger partial charge is 0.145 e. The molecule has 0 N–H and O–H groups in total. The van der Waals surface area contributed by atoms with E-state index in [4.69, 9.17) is 4.42 Å². The number of hydrogen-bond donors (Lipinski definition) is 0. The molecule has 2 aromatic heterocycles. The minimum absolute atomic E-state index is 0.137. The van der Waals surface area contributed by atoms with Crippen LogP contribution in [0.15, 0.2) is 191 Å². The molecule has 0 radical (unpaired) electrons. The second-order valence-electron chi connectivity index (χ2n) is 15.6. The van der Waals surface area contributed by atoms with Crippen molar-refractivity contribution in [2.45, 2.75) is 44.6 Å². The molecule has 1 unspecified atom stereocenters. The van der Waals surface area contributed by atoms with Crippen LogP contribution in [-0.4, -0.2) is 4.57 Å². The minimum atomic E-state index is -0.137. The molecule has 11 rings (SSSR count). The van der Waals surface area contributed by atoms with Gasteiger partial charge in [-0.25, -0.2) is 0 Å². The second kappa shape index (κ2) is 11.8. The van der Waals surface area contributed by atoms with E-state index in [1.54, 1.807) is 0 Å². The third-order valence-electron chi connectivity index (χ3n) is 12.3. The molecule has 54 heavy (non-hydrogen) atoms. The largest absolute Gasteiger partial charge is 0.455 e. The van der Waals surface area contributed by atoms with E-state index >= 15 is 0 Å². The lowest BCUT2D eigenvalue weighted by atomic mass is 9.68. The first-order valence-corrected chi connectivity index (χ1v) is 19.2. The number of aromatic nitrogens is 1. The van der Waals surface area contributed by atoms with Gasteiger partial charge in [0.25, 0.3) is 0 Å². The van der Waals surface area contributed by atoms with E-state index in [2.05, 4.69) is 187 Å². The Morgan fingerprint density at radius 2 is 1.28 bits per heavy atom. The molecule has 0 saturated carbocycles. The number of para-hydroxylation sites is 3. The van der Waals surface area contributed by atoms with Gasteiger partial charge in [0.2, 0.25) is 0 Å². The molecule has 1 aliphatic heterocycles. The average Bonchev–Trinajstić information content (AvgIpc) is 3.78. The van der Waals surface area contributed by atoms with Gasteiger partial charge in [0, 0.05) is 44.2 Å².